The molecule has 2 N–H and O–H groups in total. The monoisotopic (exact) mass is 283 g/mol. The normalized spacial score (nSPS) is 12.3. The Morgan fingerprint density at radius 3 is 2.37 bits per heavy atom. The van der Waals surface area contributed by atoms with Crippen molar-refractivity contribution in [3.8, 4) is 5.75 Å². The second-order valence-corrected chi connectivity index (χ2v) is 4.44. The minimum absolute atomic E-state index is 0.169. The Bertz CT molecular complexity index is 604. The fourth-order valence-electron chi connectivity index (χ4n) is 1.81. The van der Waals surface area contributed by atoms with Crippen LogP contribution in [0.1, 0.15) is 17.2 Å². The zero-order valence-corrected chi connectivity index (χ0v) is 10.9. The van der Waals surface area contributed by atoms with Gasteiger partial charge in [-0.15, -0.1) is 0 Å². The van der Waals surface area contributed by atoms with E-state index in [4.69, 9.17) is 22.1 Å². The number of nitrogens with two attached hydrogens (primary N) is 1. The molecule has 0 aliphatic heterocycles. The van der Waals surface area contributed by atoms with E-state index >= 15 is 0 Å². The van der Waals surface area contributed by atoms with Gasteiger partial charge in [0.25, 0.3) is 0 Å². The van der Waals surface area contributed by atoms with E-state index in [1.807, 2.05) is 0 Å². The Morgan fingerprint density at radius 1 is 1.11 bits per heavy atom. The van der Waals surface area contributed by atoms with E-state index in [0.717, 1.165) is 6.07 Å². The summed E-state index contributed by atoms with van der Waals surface area (Å²) in [4.78, 5) is 0. The molecule has 1 unspecified atom stereocenters. The molecule has 0 heterocycles. The topological polar surface area (TPSA) is 35.2 Å². The van der Waals surface area contributed by atoms with Crippen molar-refractivity contribution in [2.75, 3.05) is 7.11 Å². The van der Waals surface area contributed by atoms with Crippen LogP contribution in [0.15, 0.2) is 36.4 Å². The molecule has 0 radical (unpaired) electrons. The molecular formula is C14H12ClF2NO. The summed E-state index contributed by atoms with van der Waals surface area (Å²) in [5.74, 6) is -0.554. The van der Waals surface area contributed by atoms with Crippen LogP contribution in [-0.4, -0.2) is 7.11 Å². The smallest absolute Gasteiger partial charge is 0.132 e. The quantitative estimate of drug-likeness (QED) is 0.933. The van der Waals surface area contributed by atoms with E-state index in [0.29, 0.717) is 11.3 Å². The van der Waals surface area contributed by atoms with Gasteiger partial charge in [0.2, 0.25) is 0 Å². The standard InChI is InChI=1S/C14H12ClF2NO/c1-19-9-3-5-11(13(17)7-9)14(18)10-4-2-8(16)6-12(10)15/h2-7,14H,18H2,1H3. The summed E-state index contributed by atoms with van der Waals surface area (Å²) in [6, 6.07) is 7.45. The van der Waals surface area contributed by atoms with Gasteiger partial charge in [0.1, 0.15) is 17.4 Å². The van der Waals surface area contributed by atoms with Crippen LogP contribution in [0.25, 0.3) is 0 Å². The first-order valence-corrected chi connectivity index (χ1v) is 5.94. The lowest BCUT2D eigenvalue weighted by atomic mass is 9.99. The molecule has 0 aromatic heterocycles. The van der Waals surface area contributed by atoms with Gasteiger partial charge in [-0.05, 0) is 23.8 Å². The van der Waals surface area contributed by atoms with Gasteiger partial charge >= 0.3 is 0 Å². The summed E-state index contributed by atoms with van der Waals surface area (Å²) in [5.41, 5.74) is 6.71. The number of hydrogen-bond donors (Lipinski definition) is 1. The van der Waals surface area contributed by atoms with Crippen molar-refractivity contribution in [3.63, 3.8) is 0 Å². The molecule has 2 aromatic rings. The van der Waals surface area contributed by atoms with Crippen molar-refractivity contribution < 1.29 is 13.5 Å². The maximum atomic E-state index is 13.9. The molecule has 0 aliphatic carbocycles. The van der Waals surface area contributed by atoms with Crippen LogP contribution >= 0.6 is 11.6 Å². The second kappa shape index (κ2) is 5.55. The van der Waals surface area contributed by atoms with Crippen molar-refractivity contribution >= 4 is 11.6 Å². The van der Waals surface area contributed by atoms with E-state index in [1.165, 1.54) is 31.4 Å². The van der Waals surface area contributed by atoms with E-state index in [9.17, 15) is 8.78 Å². The fraction of sp³-hybridized carbons (Fsp3) is 0.143. The molecule has 0 bridgehead atoms. The Hall–Kier alpha value is -1.65. The molecule has 0 fully saturated rings. The van der Waals surface area contributed by atoms with E-state index in [-0.39, 0.29) is 10.6 Å². The third-order valence-electron chi connectivity index (χ3n) is 2.84. The van der Waals surface area contributed by atoms with Gasteiger partial charge in [-0.3, -0.25) is 0 Å². The van der Waals surface area contributed by atoms with E-state index in [2.05, 4.69) is 0 Å². The number of methoxy groups -OCH3 is 1. The van der Waals surface area contributed by atoms with Crippen LogP contribution in [0.2, 0.25) is 5.02 Å². The molecule has 19 heavy (non-hydrogen) atoms. The third kappa shape index (κ3) is 2.85. The summed E-state index contributed by atoms with van der Waals surface area (Å²) in [6.07, 6.45) is 0. The summed E-state index contributed by atoms with van der Waals surface area (Å²) >= 11 is 5.92. The summed E-state index contributed by atoms with van der Waals surface area (Å²) in [7, 11) is 1.45. The first-order chi connectivity index (χ1) is 9.02. The average molecular weight is 284 g/mol. The predicted octanol–water partition coefficient (Wildman–Crippen LogP) is 3.67. The van der Waals surface area contributed by atoms with Gasteiger partial charge < -0.3 is 10.5 Å². The van der Waals surface area contributed by atoms with Gasteiger partial charge in [0.05, 0.1) is 13.2 Å². The molecule has 2 rings (SSSR count). The highest BCUT2D eigenvalue weighted by Gasteiger charge is 2.17. The van der Waals surface area contributed by atoms with Gasteiger partial charge in [0, 0.05) is 16.7 Å². The second-order valence-electron chi connectivity index (χ2n) is 4.03. The van der Waals surface area contributed by atoms with Crippen LogP contribution in [-0.2, 0) is 0 Å². The lowest BCUT2D eigenvalue weighted by molar-refractivity contribution is 0.410. The Balaban J connectivity index is 2.41. The minimum Gasteiger partial charge on any atom is -0.497 e. The van der Waals surface area contributed by atoms with Crippen LogP contribution < -0.4 is 10.5 Å². The van der Waals surface area contributed by atoms with Crippen molar-refractivity contribution in [3.05, 3.63) is 64.2 Å². The first-order valence-electron chi connectivity index (χ1n) is 5.57. The van der Waals surface area contributed by atoms with Gasteiger partial charge in [-0.2, -0.15) is 0 Å². The van der Waals surface area contributed by atoms with E-state index < -0.39 is 17.7 Å². The molecule has 2 aromatic carbocycles. The van der Waals surface area contributed by atoms with Crippen LogP contribution in [0.5, 0.6) is 5.75 Å². The molecule has 100 valence electrons. The average Bonchev–Trinajstić information content (AvgIpc) is 2.37. The molecule has 0 spiro atoms. The summed E-state index contributed by atoms with van der Waals surface area (Å²) < 4.78 is 31.8. The molecular weight excluding hydrogens is 272 g/mol. The van der Waals surface area contributed by atoms with Crippen LogP contribution in [0.3, 0.4) is 0 Å². The lowest BCUT2D eigenvalue weighted by Gasteiger charge is -2.15. The van der Waals surface area contributed by atoms with Crippen molar-refractivity contribution in [2.24, 2.45) is 5.73 Å². The molecule has 0 amide bonds. The summed E-state index contributed by atoms with van der Waals surface area (Å²) in [5, 5.41) is 0.169. The molecule has 0 saturated carbocycles. The minimum atomic E-state index is -0.765. The zero-order valence-electron chi connectivity index (χ0n) is 10.2. The predicted molar refractivity (Wildman–Crippen MR) is 70.4 cm³/mol. The zero-order chi connectivity index (χ0) is 14.0. The van der Waals surface area contributed by atoms with Gasteiger partial charge in [-0.1, -0.05) is 23.7 Å². The first kappa shape index (κ1) is 13.8. The molecule has 0 saturated heterocycles. The van der Waals surface area contributed by atoms with Gasteiger partial charge in [-0.25, -0.2) is 8.78 Å². The number of hydrogen-bond acceptors (Lipinski definition) is 2. The Labute approximate surface area is 114 Å². The molecule has 1 atom stereocenters. The van der Waals surface area contributed by atoms with Crippen molar-refractivity contribution in [2.45, 2.75) is 6.04 Å². The van der Waals surface area contributed by atoms with Crippen molar-refractivity contribution in [1.82, 2.24) is 0 Å². The number of ether oxygens (including phenoxy) is 1. The number of benzene rings is 2. The number of rotatable bonds is 3. The Kier molecular flexibility index (Phi) is 4.02. The Morgan fingerprint density at radius 2 is 1.79 bits per heavy atom. The van der Waals surface area contributed by atoms with Crippen molar-refractivity contribution in [1.29, 1.82) is 0 Å². The maximum absolute atomic E-state index is 13.9. The highest BCUT2D eigenvalue weighted by Crippen LogP contribution is 2.29. The highest BCUT2D eigenvalue weighted by molar-refractivity contribution is 6.31. The SMILES string of the molecule is COc1ccc(C(N)c2ccc(F)cc2Cl)c(F)c1. The third-order valence-corrected chi connectivity index (χ3v) is 3.17. The number of halogens is 3. The fourth-order valence-corrected chi connectivity index (χ4v) is 2.09. The lowest BCUT2D eigenvalue weighted by Crippen LogP contribution is -2.14. The molecule has 5 heteroatoms. The maximum Gasteiger partial charge on any atom is 0.132 e. The van der Waals surface area contributed by atoms with Crippen LogP contribution in [0.4, 0.5) is 8.78 Å². The van der Waals surface area contributed by atoms with Crippen LogP contribution in [0, 0.1) is 11.6 Å². The van der Waals surface area contributed by atoms with E-state index in [1.54, 1.807) is 6.07 Å². The molecule has 0 aliphatic rings. The van der Waals surface area contributed by atoms with Gasteiger partial charge in [0.15, 0.2) is 0 Å². The molecule has 2 nitrogen and oxygen atoms in total. The summed E-state index contributed by atoms with van der Waals surface area (Å²) in [6.45, 7) is 0. The highest BCUT2D eigenvalue weighted by atomic mass is 35.5. The largest absolute Gasteiger partial charge is 0.497 e.